The van der Waals surface area contributed by atoms with Crippen LogP contribution in [0, 0.1) is 0 Å². The normalized spacial score (nSPS) is 12.2. The smallest absolute Gasteiger partial charge is 0.162 e. The number of nitrogens with two attached hydrogens (primary N) is 1. The highest BCUT2D eigenvalue weighted by molar-refractivity contribution is 6.30. The summed E-state index contributed by atoms with van der Waals surface area (Å²) in [7, 11) is 0. The minimum Gasteiger partial charge on any atom is -0.409 e. The maximum atomic E-state index is 8.25. The minimum atomic E-state index is 0.0648. The third-order valence-electron chi connectivity index (χ3n) is 1.43. The van der Waals surface area contributed by atoms with Crippen LogP contribution in [-0.2, 0) is 0 Å². The lowest BCUT2D eigenvalue weighted by Crippen LogP contribution is -2.06. The molecule has 3 N–H and O–H groups in total. The van der Waals surface area contributed by atoms with Crippen LogP contribution in [0.1, 0.15) is 5.56 Å². The Hall–Kier alpha value is -1.48. The third kappa shape index (κ3) is 3.17. The molecule has 68 valence electrons. The Labute approximate surface area is 81.1 Å². The summed E-state index contributed by atoms with van der Waals surface area (Å²) in [4.78, 5) is 0. The maximum Gasteiger partial charge on any atom is 0.162 e. The van der Waals surface area contributed by atoms with Gasteiger partial charge in [-0.15, -0.1) is 0 Å². The maximum absolute atomic E-state index is 8.25. The van der Waals surface area contributed by atoms with E-state index in [2.05, 4.69) is 5.16 Å². The van der Waals surface area contributed by atoms with Gasteiger partial charge in [-0.2, -0.15) is 0 Å². The lowest BCUT2D eigenvalue weighted by molar-refractivity contribution is 0.319. The van der Waals surface area contributed by atoms with Crippen LogP contribution < -0.4 is 5.73 Å². The first-order chi connectivity index (χ1) is 6.22. The largest absolute Gasteiger partial charge is 0.409 e. The monoisotopic (exact) mass is 196 g/mol. The molecule has 4 heteroatoms. The lowest BCUT2D eigenvalue weighted by Gasteiger charge is -1.92. The highest BCUT2D eigenvalue weighted by atomic mass is 35.5. The van der Waals surface area contributed by atoms with Crippen molar-refractivity contribution in [2.24, 2.45) is 10.9 Å². The Morgan fingerprint density at radius 1 is 1.38 bits per heavy atom. The zero-order valence-corrected chi connectivity index (χ0v) is 7.57. The van der Waals surface area contributed by atoms with Crippen molar-refractivity contribution in [3.05, 3.63) is 40.9 Å². The summed E-state index contributed by atoms with van der Waals surface area (Å²) in [6.45, 7) is 0. The second kappa shape index (κ2) is 4.52. The van der Waals surface area contributed by atoms with Crippen LogP contribution in [0.5, 0.6) is 0 Å². The molecule has 0 fully saturated rings. The van der Waals surface area contributed by atoms with E-state index in [9.17, 15) is 0 Å². The molecular formula is C9H9ClN2O. The van der Waals surface area contributed by atoms with E-state index >= 15 is 0 Å². The summed E-state index contributed by atoms with van der Waals surface area (Å²) in [6.07, 6.45) is 3.23. The van der Waals surface area contributed by atoms with E-state index < -0.39 is 0 Å². The lowest BCUT2D eigenvalue weighted by atomic mass is 10.2. The van der Waals surface area contributed by atoms with Crippen molar-refractivity contribution in [3.8, 4) is 0 Å². The Balaban J connectivity index is 2.75. The number of rotatable bonds is 2. The summed E-state index contributed by atoms with van der Waals surface area (Å²) >= 11 is 5.69. The molecule has 0 aliphatic rings. The summed E-state index contributed by atoms with van der Waals surface area (Å²) in [6, 6.07) is 7.22. The molecule has 0 radical (unpaired) electrons. The highest BCUT2D eigenvalue weighted by Gasteiger charge is 1.88. The van der Waals surface area contributed by atoms with Gasteiger partial charge < -0.3 is 10.9 Å². The number of benzene rings is 1. The molecule has 0 aliphatic carbocycles. The fraction of sp³-hybridized carbons (Fsp3) is 0. The molecule has 1 aromatic rings. The molecule has 1 aromatic carbocycles. The van der Waals surface area contributed by atoms with Gasteiger partial charge in [0.15, 0.2) is 5.84 Å². The van der Waals surface area contributed by atoms with Crippen molar-refractivity contribution in [1.82, 2.24) is 0 Å². The predicted octanol–water partition coefficient (Wildman–Crippen LogP) is 2.10. The fourth-order valence-electron chi connectivity index (χ4n) is 0.789. The Morgan fingerprint density at radius 3 is 2.54 bits per heavy atom. The van der Waals surface area contributed by atoms with Gasteiger partial charge in [-0.25, -0.2) is 0 Å². The van der Waals surface area contributed by atoms with Crippen LogP contribution in [-0.4, -0.2) is 11.0 Å². The molecule has 0 saturated heterocycles. The van der Waals surface area contributed by atoms with Crippen LogP contribution in [0.4, 0.5) is 0 Å². The number of halogens is 1. The summed E-state index contributed by atoms with van der Waals surface area (Å²) in [5.74, 6) is 0.0648. The quantitative estimate of drug-likeness (QED) is 0.329. The molecule has 0 saturated carbocycles. The SMILES string of the molecule is NC(/C=C/c1ccc(Cl)cc1)=NO. The molecular weight excluding hydrogens is 188 g/mol. The van der Waals surface area contributed by atoms with Gasteiger partial charge in [-0.3, -0.25) is 0 Å². The Morgan fingerprint density at radius 2 is 2.00 bits per heavy atom. The average Bonchev–Trinajstić information content (AvgIpc) is 2.16. The van der Waals surface area contributed by atoms with Gasteiger partial charge in [-0.05, 0) is 23.8 Å². The van der Waals surface area contributed by atoms with E-state index in [1.165, 1.54) is 6.08 Å². The molecule has 0 unspecified atom stereocenters. The predicted molar refractivity (Wildman–Crippen MR) is 53.9 cm³/mol. The number of oxime groups is 1. The molecule has 13 heavy (non-hydrogen) atoms. The molecule has 0 bridgehead atoms. The Bertz CT molecular complexity index is 330. The average molecular weight is 197 g/mol. The zero-order valence-electron chi connectivity index (χ0n) is 6.81. The van der Waals surface area contributed by atoms with Crippen molar-refractivity contribution >= 4 is 23.5 Å². The molecule has 0 aliphatic heterocycles. The van der Waals surface area contributed by atoms with E-state index in [-0.39, 0.29) is 5.84 Å². The van der Waals surface area contributed by atoms with Gasteiger partial charge in [0.05, 0.1) is 0 Å². The van der Waals surface area contributed by atoms with E-state index in [1.54, 1.807) is 18.2 Å². The van der Waals surface area contributed by atoms with Crippen LogP contribution in [0.25, 0.3) is 6.08 Å². The summed E-state index contributed by atoms with van der Waals surface area (Å²) in [5.41, 5.74) is 6.18. The summed E-state index contributed by atoms with van der Waals surface area (Å²) < 4.78 is 0. The van der Waals surface area contributed by atoms with Gasteiger partial charge >= 0.3 is 0 Å². The van der Waals surface area contributed by atoms with Gasteiger partial charge in [0, 0.05) is 5.02 Å². The molecule has 0 atom stereocenters. The van der Waals surface area contributed by atoms with Crippen molar-refractivity contribution < 1.29 is 5.21 Å². The van der Waals surface area contributed by atoms with Gasteiger partial charge in [0.25, 0.3) is 0 Å². The highest BCUT2D eigenvalue weighted by Crippen LogP contribution is 2.10. The van der Waals surface area contributed by atoms with Crippen LogP contribution in [0.2, 0.25) is 5.02 Å². The first-order valence-electron chi connectivity index (χ1n) is 3.63. The fourth-order valence-corrected chi connectivity index (χ4v) is 0.915. The van der Waals surface area contributed by atoms with Crippen molar-refractivity contribution in [2.75, 3.05) is 0 Å². The molecule has 1 rings (SSSR count). The summed E-state index contributed by atoms with van der Waals surface area (Å²) in [5, 5.41) is 11.7. The molecule has 0 spiro atoms. The Kier molecular flexibility index (Phi) is 3.34. The molecule has 0 amide bonds. The van der Waals surface area contributed by atoms with Crippen LogP contribution in [0.3, 0.4) is 0 Å². The first kappa shape index (κ1) is 9.61. The van der Waals surface area contributed by atoms with Gasteiger partial charge in [-0.1, -0.05) is 35.0 Å². The second-order valence-electron chi connectivity index (χ2n) is 2.41. The number of hydrogen-bond donors (Lipinski definition) is 2. The number of hydrogen-bond acceptors (Lipinski definition) is 2. The zero-order chi connectivity index (χ0) is 9.68. The van der Waals surface area contributed by atoms with Crippen LogP contribution in [0.15, 0.2) is 35.5 Å². The molecule has 0 heterocycles. The standard InChI is InChI=1S/C9H9ClN2O/c10-8-4-1-7(2-5-8)3-6-9(11)12-13/h1-6,13H,(H2,11,12)/b6-3+. The molecule has 0 aromatic heterocycles. The number of amidine groups is 1. The number of nitrogens with zero attached hydrogens (tertiary/aromatic N) is 1. The van der Waals surface area contributed by atoms with Crippen molar-refractivity contribution in [2.45, 2.75) is 0 Å². The van der Waals surface area contributed by atoms with Gasteiger partial charge in [0.1, 0.15) is 0 Å². The molecule has 3 nitrogen and oxygen atoms in total. The van der Waals surface area contributed by atoms with Gasteiger partial charge in [0.2, 0.25) is 0 Å². The van der Waals surface area contributed by atoms with E-state index in [0.29, 0.717) is 5.02 Å². The van der Waals surface area contributed by atoms with E-state index in [0.717, 1.165) is 5.56 Å². The first-order valence-corrected chi connectivity index (χ1v) is 4.01. The van der Waals surface area contributed by atoms with Crippen molar-refractivity contribution in [1.29, 1.82) is 0 Å². The third-order valence-corrected chi connectivity index (χ3v) is 1.68. The topological polar surface area (TPSA) is 58.6 Å². The second-order valence-corrected chi connectivity index (χ2v) is 2.85. The van der Waals surface area contributed by atoms with Crippen LogP contribution >= 0.6 is 11.6 Å². The van der Waals surface area contributed by atoms with E-state index in [1.807, 2.05) is 12.1 Å². The minimum absolute atomic E-state index is 0.0648. The van der Waals surface area contributed by atoms with E-state index in [4.69, 9.17) is 22.5 Å². The van der Waals surface area contributed by atoms with Crippen molar-refractivity contribution in [3.63, 3.8) is 0 Å².